The minimum Gasteiger partial charge on any atom is -0.451 e. The second kappa shape index (κ2) is 7.06. The van der Waals surface area contributed by atoms with Crippen LogP contribution in [0.4, 0.5) is 0 Å². The molecule has 1 atom stereocenters. The Balaban J connectivity index is 1.96. The van der Waals surface area contributed by atoms with Crippen LogP contribution < -0.4 is 11.2 Å². The fourth-order valence-corrected chi connectivity index (χ4v) is 2.62. The minimum absolute atomic E-state index is 0.180. The predicted octanol–water partition coefficient (Wildman–Crippen LogP) is 0.0111. The summed E-state index contributed by atoms with van der Waals surface area (Å²) in [6.07, 6.45) is 3.85. The number of piperidine rings is 1. The zero-order valence-electron chi connectivity index (χ0n) is 12.4. The third-order valence-electron chi connectivity index (χ3n) is 3.73. The summed E-state index contributed by atoms with van der Waals surface area (Å²) in [5.41, 5.74) is -1.77. The van der Waals surface area contributed by atoms with E-state index in [2.05, 4.69) is 4.98 Å². The second-order valence-corrected chi connectivity index (χ2v) is 5.22. The highest BCUT2D eigenvalue weighted by atomic mass is 16.5. The van der Waals surface area contributed by atoms with Gasteiger partial charge in [-0.2, -0.15) is 0 Å². The minimum atomic E-state index is -0.901. The zero-order chi connectivity index (χ0) is 16.1. The number of aromatic nitrogens is 2. The maximum atomic E-state index is 12.1. The van der Waals surface area contributed by atoms with Gasteiger partial charge in [0, 0.05) is 18.7 Å². The summed E-state index contributed by atoms with van der Waals surface area (Å²) in [6, 6.07) is 1.10. The zero-order valence-corrected chi connectivity index (χ0v) is 12.4. The van der Waals surface area contributed by atoms with E-state index in [1.54, 1.807) is 4.90 Å². The van der Waals surface area contributed by atoms with E-state index in [1.807, 2.05) is 11.9 Å². The van der Waals surface area contributed by atoms with E-state index in [4.69, 9.17) is 4.74 Å². The third kappa shape index (κ3) is 3.84. The van der Waals surface area contributed by atoms with Crippen LogP contribution in [0.1, 0.15) is 43.1 Å². The highest BCUT2D eigenvalue weighted by Crippen LogP contribution is 2.19. The van der Waals surface area contributed by atoms with E-state index in [9.17, 15) is 19.2 Å². The standard InChI is InChI=1S/C14H19N3O5/c1-2-9-5-3-4-6-17(9)12(19)8-22-13(20)10-7-11(18)16-14(21)15-10/h7,9H,2-6,8H2,1H3,(H2,15,16,18,21)/t9-/m1/s1. The Morgan fingerprint density at radius 2 is 2.09 bits per heavy atom. The first-order chi connectivity index (χ1) is 10.5. The molecular formula is C14H19N3O5. The number of carbonyl (C=O) groups is 2. The van der Waals surface area contributed by atoms with Gasteiger partial charge in [-0.1, -0.05) is 6.92 Å². The van der Waals surface area contributed by atoms with Gasteiger partial charge in [-0.15, -0.1) is 0 Å². The van der Waals surface area contributed by atoms with Gasteiger partial charge in [-0.3, -0.25) is 14.6 Å². The molecule has 1 aromatic rings. The van der Waals surface area contributed by atoms with Gasteiger partial charge in [0.2, 0.25) is 0 Å². The van der Waals surface area contributed by atoms with Crippen LogP contribution in [-0.2, 0) is 9.53 Å². The van der Waals surface area contributed by atoms with Gasteiger partial charge in [0.05, 0.1) is 0 Å². The Kier molecular flexibility index (Phi) is 5.13. The molecule has 120 valence electrons. The molecule has 1 aliphatic rings. The van der Waals surface area contributed by atoms with Gasteiger partial charge in [0.15, 0.2) is 6.61 Å². The first-order valence-electron chi connectivity index (χ1n) is 7.31. The van der Waals surface area contributed by atoms with Crippen molar-refractivity contribution in [1.82, 2.24) is 14.9 Å². The first-order valence-corrected chi connectivity index (χ1v) is 7.31. The number of carbonyl (C=O) groups excluding carboxylic acids is 2. The lowest BCUT2D eigenvalue weighted by Gasteiger charge is -2.35. The molecule has 1 amide bonds. The molecule has 2 rings (SSSR count). The lowest BCUT2D eigenvalue weighted by atomic mass is 10.00. The summed E-state index contributed by atoms with van der Waals surface area (Å²) in [7, 11) is 0. The number of ether oxygens (including phenoxy) is 1. The van der Waals surface area contributed by atoms with Crippen molar-refractivity contribution in [3.63, 3.8) is 0 Å². The van der Waals surface area contributed by atoms with Gasteiger partial charge in [0.25, 0.3) is 11.5 Å². The molecule has 0 aliphatic carbocycles. The Morgan fingerprint density at radius 1 is 1.32 bits per heavy atom. The highest BCUT2D eigenvalue weighted by Gasteiger charge is 2.26. The van der Waals surface area contributed by atoms with E-state index in [0.29, 0.717) is 6.54 Å². The first kappa shape index (κ1) is 16.0. The molecule has 22 heavy (non-hydrogen) atoms. The Labute approximate surface area is 126 Å². The Morgan fingerprint density at radius 3 is 2.77 bits per heavy atom. The van der Waals surface area contributed by atoms with Crippen LogP contribution in [0.5, 0.6) is 0 Å². The summed E-state index contributed by atoms with van der Waals surface area (Å²) in [4.78, 5) is 52.0. The van der Waals surface area contributed by atoms with Crippen LogP contribution in [0.2, 0.25) is 0 Å². The van der Waals surface area contributed by atoms with E-state index in [-0.39, 0.29) is 17.6 Å². The molecule has 0 saturated carbocycles. The molecule has 1 aromatic heterocycles. The quantitative estimate of drug-likeness (QED) is 0.761. The Hall–Kier alpha value is -2.38. The van der Waals surface area contributed by atoms with E-state index in [0.717, 1.165) is 31.7 Å². The number of amides is 1. The maximum Gasteiger partial charge on any atom is 0.355 e. The van der Waals surface area contributed by atoms with Crippen LogP contribution >= 0.6 is 0 Å². The summed E-state index contributed by atoms with van der Waals surface area (Å²) >= 11 is 0. The largest absolute Gasteiger partial charge is 0.451 e. The molecule has 0 aromatic carbocycles. The molecule has 1 saturated heterocycles. The molecule has 2 heterocycles. The van der Waals surface area contributed by atoms with Crippen molar-refractivity contribution in [1.29, 1.82) is 0 Å². The van der Waals surface area contributed by atoms with Crippen molar-refractivity contribution in [3.8, 4) is 0 Å². The molecule has 8 nitrogen and oxygen atoms in total. The fraction of sp³-hybridized carbons (Fsp3) is 0.571. The summed E-state index contributed by atoms with van der Waals surface area (Å²) < 4.78 is 4.89. The van der Waals surface area contributed by atoms with Crippen molar-refractivity contribution in [2.24, 2.45) is 0 Å². The molecule has 0 spiro atoms. The average Bonchev–Trinajstić information content (AvgIpc) is 2.51. The van der Waals surface area contributed by atoms with Crippen molar-refractivity contribution < 1.29 is 14.3 Å². The number of esters is 1. The normalized spacial score (nSPS) is 18.0. The number of aromatic amines is 2. The number of rotatable bonds is 4. The maximum absolute atomic E-state index is 12.1. The monoisotopic (exact) mass is 309 g/mol. The number of hydrogen-bond acceptors (Lipinski definition) is 5. The Bertz CT molecular complexity index is 635. The van der Waals surface area contributed by atoms with Crippen molar-refractivity contribution in [3.05, 3.63) is 32.6 Å². The third-order valence-corrected chi connectivity index (χ3v) is 3.73. The summed E-state index contributed by atoms with van der Waals surface area (Å²) in [5.74, 6) is -1.16. The number of H-pyrrole nitrogens is 2. The number of likely N-dealkylation sites (tertiary alicyclic amines) is 1. The van der Waals surface area contributed by atoms with E-state index >= 15 is 0 Å². The second-order valence-electron chi connectivity index (χ2n) is 5.22. The highest BCUT2D eigenvalue weighted by molar-refractivity contribution is 5.89. The molecular weight excluding hydrogens is 290 g/mol. The van der Waals surface area contributed by atoms with Crippen LogP contribution in [0, 0.1) is 0 Å². The van der Waals surface area contributed by atoms with E-state index in [1.165, 1.54) is 0 Å². The SMILES string of the molecule is CC[C@@H]1CCCCN1C(=O)COC(=O)c1cc(=O)[nH]c(=O)[nH]1. The predicted molar refractivity (Wildman–Crippen MR) is 77.6 cm³/mol. The van der Waals surface area contributed by atoms with Gasteiger partial charge < -0.3 is 14.6 Å². The molecule has 8 heteroatoms. The van der Waals surface area contributed by atoms with Crippen LogP contribution in [0.3, 0.4) is 0 Å². The van der Waals surface area contributed by atoms with Gasteiger partial charge in [-0.25, -0.2) is 9.59 Å². The molecule has 1 aliphatic heterocycles. The fourth-order valence-electron chi connectivity index (χ4n) is 2.62. The molecule has 2 N–H and O–H groups in total. The lowest BCUT2D eigenvalue weighted by Crippen LogP contribution is -2.45. The molecule has 1 fully saturated rings. The molecule has 0 radical (unpaired) electrons. The van der Waals surface area contributed by atoms with Crippen molar-refractivity contribution >= 4 is 11.9 Å². The number of nitrogens with one attached hydrogen (secondary N) is 2. The lowest BCUT2D eigenvalue weighted by molar-refractivity contribution is -0.138. The summed E-state index contributed by atoms with van der Waals surface area (Å²) in [5, 5.41) is 0. The molecule has 0 bridgehead atoms. The van der Waals surface area contributed by atoms with Crippen molar-refractivity contribution in [2.75, 3.05) is 13.2 Å². The van der Waals surface area contributed by atoms with Gasteiger partial charge in [-0.05, 0) is 25.7 Å². The number of nitrogens with zero attached hydrogens (tertiary/aromatic N) is 1. The average molecular weight is 309 g/mol. The summed E-state index contributed by atoms with van der Waals surface area (Å²) in [6.45, 7) is 2.28. The van der Waals surface area contributed by atoms with E-state index < -0.39 is 23.8 Å². The molecule has 0 unspecified atom stereocenters. The topological polar surface area (TPSA) is 112 Å². The van der Waals surface area contributed by atoms with Crippen molar-refractivity contribution in [2.45, 2.75) is 38.6 Å². The van der Waals surface area contributed by atoms with Crippen LogP contribution in [0.25, 0.3) is 0 Å². The smallest absolute Gasteiger partial charge is 0.355 e. The number of hydrogen-bond donors (Lipinski definition) is 2. The van der Waals surface area contributed by atoms with Gasteiger partial charge >= 0.3 is 11.7 Å². The van der Waals surface area contributed by atoms with Crippen LogP contribution in [-0.4, -0.2) is 45.9 Å². The van der Waals surface area contributed by atoms with Gasteiger partial charge in [0.1, 0.15) is 5.69 Å². The van der Waals surface area contributed by atoms with Crippen LogP contribution in [0.15, 0.2) is 15.7 Å².